The SMILES string of the molecule is Cc1ccc2[nH]c(C3CCCN(C(=O)c4ccnn4C)C3)c(-c3ccncc3)c2c1. The maximum Gasteiger partial charge on any atom is 0.272 e. The molecule has 1 amide bonds. The first-order chi connectivity index (χ1) is 14.6. The summed E-state index contributed by atoms with van der Waals surface area (Å²) in [6.45, 7) is 3.61. The molecule has 1 saturated heterocycles. The quantitative estimate of drug-likeness (QED) is 0.559. The number of amides is 1. The summed E-state index contributed by atoms with van der Waals surface area (Å²) in [7, 11) is 1.82. The standard InChI is InChI=1S/C24H25N5O/c1-16-5-6-20-19(14-16)22(17-7-10-25-11-8-17)23(27-20)18-4-3-13-29(15-18)24(30)21-9-12-26-28(21)2/h5-12,14,18,27H,3-4,13,15H2,1-2H3. The van der Waals surface area contributed by atoms with Crippen LogP contribution in [0.5, 0.6) is 0 Å². The number of aryl methyl sites for hydroxylation is 2. The Hall–Kier alpha value is -3.41. The summed E-state index contributed by atoms with van der Waals surface area (Å²) in [6.07, 6.45) is 7.40. The Balaban J connectivity index is 1.56. The lowest BCUT2D eigenvalue weighted by molar-refractivity contribution is 0.0695. The van der Waals surface area contributed by atoms with E-state index in [9.17, 15) is 4.79 Å². The number of aromatic amines is 1. The second kappa shape index (κ2) is 7.44. The number of fused-ring (bicyclic) bond motifs is 1. The van der Waals surface area contributed by atoms with Gasteiger partial charge in [0.25, 0.3) is 5.91 Å². The number of carbonyl (C=O) groups is 1. The Morgan fingerprint density at radius 3 is 2.73 bits per heavy atom. The molecule has 1 N–H and O–H groups in total. The molecule has 30 heavy (non-hydrogen) atoms. The van der Waals surface area contributed by atoms with Crippen molar-refractivity contribution >= 4 is 16.8 Å². The van der Waals surface area contributed by atoms with Gasteiger partial charge in [-0.3, -0.25) is 14.5 Å². The molecule has 0 aliphatic carbocycles. The van der Waals surface area contributed by atoms with Crippen LogP contribution in [0.3, 0.4) is 0 Å². The molecule has 6 nitrogen and oxygen atoms in total. The fourth-order valence-electron chi connectivity index (χ4n) is 4.61. The number of benzene rings is 1. The Morgan fingerprint density at radius 2 is 1.97 bits per heavy atom. The van der Waals surface area contributed by atoms with Crippen molar-refractivity contribution in [3.05, 3.63) is 71.9 Å². The van der Waals surface area contributed by atoms with Gasteiger partial charge in [0, 0.05) is 66.8 Å². The van der Waals surface area contributed by atoms with Crippen LogP contribution in [0, 0.1) is 6.92 Å². The van der Waals surface area contributed by atoms with E-state index in [2.05, 4.69) is 52.3 Å². The Bertz CT molecular complexity index is 1210. The number of rotatable bonds is 3. The number of aromatic nitrogens is 4. The number of H-pyrrole nitrogens is 1. The first-order valence-corrected chi connectivity index (χ1v) is 10.4. The zero-order chi connectivity index (χ0) is 20.7. The van der Waals surface area contributed by atoms with Crippen molar-refractivity contribution in [3.63, 3.8) is 0 Å². The van der Waals surface area contributed by atoms with Crippen molar-refractivity contribution < 1.29 is 4.79 Å². The van der Waals surface area contributed by atoms with Crippen LogP contribution in [-0.4, -0.2) is 43.6 Å². The number of nitrogens with zero attached hydrogens (tertiary/aromatic N) is 4. The fraction of sp³-hybridized carbons (Fsp3) is 0.292. The molecule has 4 aromatic rings. The van der Waals surface area contributed by atoms with Crippen LogP contribution >= 0.6 is 0 Å². The molecule has 1 unspecified atom stereocenters. The third-order valence-electron chi connectivity index (χ3n) is 6.11. The largest absolute Gasteiger partial charge is 0.358 e. The van der Waals surface area contributed by atoms with Crippen molar-refractivity contribution in [2.24, 2.45) is 7.05 Å². The first kappa shape index (κ1) is 18.6. The number of nitrogens with one attached hydrogen (secondary N) is 1. The average molecular weight is 399 g/mol. The molecule has 6 heteroatoms. The van der Waals surface area contributed by atoms with Gasteiger partial charge < -0.3 is 9.88 Å². The van der Waals surface area contributed by atoms with Gasteiger partial charge >= 0.3 is 0 Å². The molecule has 1 aromatic carbocycles. The minimum atomic E-state index is 0.0529. The van der Waals surface area contributed by atoms with Crippen LogP contribution in [-0.2, 0) is 7.05 Å². The van der Waals surface area contributed by atoms with Gasteiger partial charge in [0.15, 0.2) is 0 Å². The minimum absolute atomic E-state index is 0.0529. The van der Waals surface area contributed by atoms with Crippen molar-refractivity contribution in [2.45, 2.75) is 25.7 Å². The fourth-order valence-corrected chi connectivity index (χ4v) is 4.61. The summed E-state index contributed by atoms with van der Waals surface area (Å²) < 4.78 is 1.65. The van der Waals surface area contributed by atoms with Crippen LogP contribution in [0.1, 0.15) is 40.5 Å². The second-order valence-electron chi connectivity index (χ2n) is 8.13. The lowest BCUT2D eigenvalue weighted by Gasteiger charge is -2.33. The van der Waals surface area contributed by atoms with Crippen LogP contribution in [0.15, 0.2) is 55.0 Å². The van der Waals surface area contributed by atoms with Crippen LogP contribution in [0.2, 0.25) is 0 Å². The van der Waals surface area contributed by atoms with Gasteiger partial charge in [0.05, 0.1) is 0 Å². The summed E-state index contributed by atoms with van der Waals surface area (Å²) >= 11 is 0. The topological polar surface area (TPSA) is 66.8 Å². The van der Waals surface area contributed by atoms with E-state index in [0.29, 0.717) is 12.2 Å². The van der Waals surface area contributed by atoms with Crippen molar-refractivity contribution in [1.29, 1.82) is 0 Å². The van der Waals surface area contributed by atoms with Gasteiger partial charge in [-0.25, -0.2) is 0 Å². The summed E-state index contributed by atoms with van der Waals surface area (Å²) in [5.41, 5.74) is 6.61. The average Bonchev–Trinajstić information content (AvgIpc) is 3.37. The lowest BCUT2D eigenvalue weighted by Crippen LogP contribution is -2.40. The monoisotopic (exact) mass is 399 g/mol. The number of pyridine rings is 1. The Kier molecular flexibility index (Phi) is 4.62. The molecular formula is C24H25N5O. The number of likely N-dealkylation sites (tertiary alicyclic amines) is 1. The van der Waals surface area contributed by atoms with E-state index in [1.54, 1.807) is 16.9 Å². The van der Waals surface area contributed by atoms with Crippen molar-refractivity contribution in [2.75, 3.05) is 13.1 Å². The van der Waals surface area contributed by atoms with E-state index < -0.39 is 0 Å². The number of hydrogen-bond donors (Lipinski definition) is 1. The van der Waals surface area contributed by atoms with Gasteiger partial charge in [0.2, 0.25) is 0 Å². The molecule has 5 rings (SSSR count). The van der Waals surface area contributed by atoms with Crippen molar-refractivity contribution in [3.8, 4) is 11.1 Å². The lowest BCUT2D eigenvalue weighted by atomic mass is 9.89. The van der Waals surface area contributed by atoms with E-state index in [0.717, 1.165) is 30.5 Å². The maximum absolute atomic E-state index is 13.1. The highest BCUT2D eigenvalue weighted by atomic mass is 16.2. The predicted octanol–water partition coefficient (Wildman–Crippen LogP) is 4.29. The van der Waals surface area contributed by atoms with E-state index in [4.69, 9.17) is 0 Å². The molecule has 4 heterocycles. The molecule has 0 saturated carbocycles. The highest BCUT2D eigenvalue weighted by Gasteiger charge is 2.30. The molecule has 3 aromatic heterocycles. The molecule has 152 valence electrons. The highest BCUT2D eigenvalue weighted by molar-refractivity contribution is 5.98. The molecule has 0 spiro atoms. The van der Waals surface area contributed by atoms with Crippen LogP contribution in [0.4, 0.5) is 0 Å². The summed E-state index contributed by atoms with van der Waals surface area (Å²) in [5, 5.41) is 5.39. The number of piperidine rings is 1. The molecule has 1 fully saturated rings. The molecule has 0 bridgehead atoms. The van der Waals surface area contributed by atoms with Gasteiger partial charge in [-0.1, -0.05) is 11.6 Å². The van der Waals surface area contributed by atoms with E-state index in [-0.39, 0.29) is 11.8 Å². The molecule has 0 radical (unpaired) electrons. The summed E-state index contributed by atoms with van der Waals surface area (Å²) in [6, 6.07) is 12.5. The Labute approximate surface area is 175 Å². The van der Waals surface area contributed by atoms with Gasteiger partial charge in [0.1, 0.15) is 5.69 Å². The molecule has 1 aliphatic rings. The first-order valence-electron chi connectivity index (χ1n) is 10.4. The summed E-state index contributed by atoms with van der Waals surface area (Å²) in [4.78, 5) is 22.9. The van der Waals surface area contributed by atoms with Crippen molar-refractivity contribution in [1.82, 2.24) is 24.6 Å². The molecule has 1 atom stereocenters. The zero-order valence-electron chi connectivity index (χ0n) is 17.3. The Morgan fingerprint density at radius 1 is 1.13 bits per heavy atom. The minimum Gasteiger partial charge on any atom is -0.358 e. The van der Waals surface area contributed by atoms with Gasteiger partial charge in [-0.05, 0) is 55.7 Å². The zero-order valence-corrected chi connectivity index (χ0v) is 17.3. The summed E-state index contributed by atoms with van der Waals surface area (Å²) in [5.74, 6) is 0.309. The molecule has 1 aliphatic heterocycles. The smallest absolute Gasteiger partial charge is 0.272 e. The predicted molar refractivity (Wildman–Crippen MR) is 117 cm³/mol. The normalized spacial score (nSPS) is 16.9. The number of carbonyl (C=O) groups excluding carboxylic acids is 1. The van der Waals surface area contributed by atoms with E-state index >= 15 is 0 Å². The van der Waals surface area contributed by atoms with Crippen LogP contribution in [0.25, 0.3) is 22.0 Å². The van der Waals surface area contributed by atoms with Gasteiger partial charge in [-0.2, -0.15) is 5.10 Å². The number of hydrogen-bond acceptors (Lipinski definition) is 3. The van der Waals surface area contributed by atoms with Gasteiger partial charge in [-0.15, -0.1) is 0 Å². The highest BCUT2D eigenvalue weighted by Crippen LogP contribution is 2.39. The van der Waals surface area contributed by atoms with Crippen LogP contribution < -0.4 is 0 Å². The molecular weight excluding hydrogens is 374 g/mol. The van der Waals surface area contributed by atoms with E-state index in [1.807, 2.05) is 24.3 Å². The van der Waals surface area contributed by atoms with E-state index in [1.165, 1.54) is 22.2 Å². The third kappa shape index (κ3) is 3.18. The second-order valence-corrected chi connectivity index (χ2v) is 8.13. The third-order valence-corrected chi connectivity index (χ3v) is 6.11. The maximum atomic E-state index is 13.1.